The van der Waals surface area contributed by atoms with Crippen molar-refractivity contribution in [3.63, 3.8) is 0 Å². The second-order valence-corrected chi connectivity index (χ2v) is 12.6. The van der Waals surface area contributed by atoms with E-state index < -0.39 is 48.8 Å². The fourth-order valence-corrected chi connectivity index (χ4v) is 6.41. The molecule has 3 aliphatic carbocycles. The Morgan fingerprint density at radius 3 is 2.47 bits per heavy atom. The van der Waals surface area contributed by atoms with Crippen molar-refractivity contribution in [2.75, 3.05) is 0 Å². The molecule has 0 bridgehead atoms. The lowest BCUT2D eigenvalue weighted by Gasteiger charge is -2.33. The number of imidazole rings is 1. The van der Waals surface area contributed by atoms with Gasteiger partial charge >= 0.3 is 6.18 Å². The van der Waals surface area contributed by atoms with E-state index in [1.807, 2.05) is 0 Å². The van der Waals surface area contributed by atoms with Crippen LogP contribution in [0.2, 0.25) is 0 Å². The first-order valence-electron chi connectivity index (χ1n) is 14.4. The maximum atomic E-state index is 14.0. The number of hydrogen-bond donors (Lipinski definition) is 2. The lowest BCUT2D eigenvalue weighted by atomic mass is 9.81. The van der Waals surface area contributed by atoms with Crippen LogP contribution in [0.25, 0.3) is 6.08 Å². The second-order valence-electron chi connectivity index (χ2n) is 11.8. The zero-order chi connectivity index (χ0) is 30.9. The van der Waals surface area contributed by atoms with E-state index >= 15 is 0 Å². The highest BCUT2D eigenvalue weighted by Gasteiger charge is 2.41. The van der Waals surface area contributed by atoms with Crippen molar-refractivity contribution in [3.05, 3.63) is 33.9 Å². The minimum absolute atomic E-state index is 0.0917. The Bertz CT molecular complexity index is 1370. The standard InChI is InChI=1S/C28H34F5N7O2S/c1-15(22(16-3-4-16)36-21(41)9-12-28(31,32)33)13-20-35-19(14-40(20)34-2)23(17-7-10-27(29,30)11-8-17)37-26(42)24-25(18-5-6-18)43-39-38-24/h13-14,16-18,22-23H,2-12H2,1H3,(H,36,41)(H,37,42)/b15-13+/t22?,23-/m0/s1. The van der Waals surface area contributed by atoms with Crippen LogP contribution in [0.1, 0.15) is 110 Å². The lowest BCUT2D eigenvalue weighted by molar-refractivity contribution is -0.144. The summed E-state index contributed by atoms with van der Waals surface area (Å²) in [4.78, 5) is 31.2. The molecule has 2 N–H and O–H groups in total. The molecule has 3 fully saturated rings. The zero-order valence-electron chi connectivity index (χ0n) is 23.7. The smallest absolute Gasteiger partial charge is 0.349 e. The van der Waals surface area contributed by atoms with Crippen molar-refractivity contribution in [2.24, 2.45) is 16.9 Å². The van der Waals surface area contributed by atoms with Gasteiger partial charge in [0.1, 0.15) is 0 Å². The number of carbonyl (C=O) groups excluding carboxylic acids is 2. The van der Waals surface area contributed by atoms with Gasteiger partial charge in [0.15, 0.2) is 11.5 Å². The molecule has 2 aromatic rings. The number of hydrogen-bond acceptors (Lipinski definition) is 7. The Balaban J connectivity index is 1.39. The summed E-state index contributed by atoms with van der Waals surface area (Å²) in [6.45, 7) is 5.35. The number of rotatable bonds is 12. The fraction of sp³-hybridized carbons (Fsp3) is 0.643. The van der Waals surface area contributed by atoms with Gasteiger partial charge in [-0.15, -0.1) is 5.10 Å². The van der Waals surface area contributed by atoms with E-state index in [1.165, 1.54) is 16.2 Å². The fourth-order valence-electron chi connectivity index (χ4n) is 5.60. The molecule has 0 saturated heterocycles. The van der Waals surface area contributed by atoms with Crippen LogP contribution in [-0.2, 0) is 4.79 Å². The Morgan fingerprint density at radius 1 is 1.16 bits per heavy atom. The average Bonchev–Trinajstić information content (AvgIpc) is 3.88. The minimum atomic E-state index is -4.43. The van der Waals surface area contributed by atoms with E-state index in [0.29, 0.717) is 17.1 Å². The van der Waals surface area contributed by atoms with Crippen LogP contribution in [0.4, 0.5) is 22.0 Å². The molecule has 2 aromatic heterocycles. The molecule has 2 amide bonds. The topological polar surface area (TPSA) is 114 Å². The number of aromatic nitrogens is 4. The molecular formula is C28H34F5N7O2S. The zero-order valence-corrected chi connectivity index (χ0v) is 24.5. The third kappa shape index (κ3) is 8.03. The number of nitrogens with zero attached hydrogens (tertiary/aromatic N) is 5. The van der Waals surface area contributed by atoms with Crippen molar-refractivity contribution >= 4 is 36.1 Å². The van der Waals surface area contributed by atoms with Gasteiger partial charge in [0, 0.05) is 26.0 Å². The van der Waals surface area contributed by atoms with Gasteiger partial charge in [0.25, 0.3) is 5.91 Å². The molecule has 0 spiro atoms. The average molecular weight is 628 g/mol. The highest BCUT2D eigenvalue weighted by Crippen LogP contribution is 2.44. The summed E-state index contributed by atoms with van der Waals surface area (Å²) in [6.07, 6.45) is 0.269. The molecule has 2 atom stereocenters. The van der Waals surface area contributed by atoms with E-state index in [0.717, 1.165) is 30.6 Å². The SMILES string of the molecule is C=Nn1cc([C@@H](NC(=O)c2nnsc2C2CC2)C2CCC(F)(F)CC2)nc1/C=C(\C)C(NC(=O)CCC(F)(F)F)C1CC1. The number of nitrogens with one attached hydrogen (secondary N) is 2. The predicted octanol–water partition coefficient (Wildman–Crippen LogP) is 6.01. The van der Waals surface area contributed by atoms with Gasteiger partial charge < -0.3 is 10.6 Å². The largest absolute Gasteiger partial charge is 0.389 e. The third-order valence-electron chi connectivity index (χ3n) is 8.29. The highest BCUT2D eigenvalue weighted by molar-refractivity contribution is 7.06. The normalized spacial score (nSPS) is 20.8. The highest BCUT2D eigenvalue weighted by atomic mass is 32.1. The lowest BCUT2D eigenvalue weighted by Crippen LogP contribution is -2.38. The van der Waals surface area contributed by atoms with Gasteiger partial charge in [0.2, 0.25) is 11.8 Å². The van der Waals surface area contributed by atoms with Crippen LogP contribution in [-0.4, -0.2) is 55.9 Å². The summed E-state index contributed by atoms with van der Waals surface area (Å²) >= 11 is 1.18. The summed E-state index contributed by atoms with van der Waals surface area (Å²) in [7, 11) is 0. The van der Waals surface area contributed by atoms with Crippen molar-refractivity contribution < 1.29 is 31.5 Å². The molecule has 3 saturated carbocycles. The molecule has 9 nitrogen and oxygen atoms in total. The van der Waals surface area contributed by atoms with Crippen LogP contribution in [0.5, 0.6) is 0 Å². The molecule has 234 valence electrons. The maximum Gasteiger partial charge on any atom is 0.389 e. The predicted molar refractivity (Wildman–Crippen MR) is 150 cm³/mol. The monoisotopic (exact) mass is 627 g/mol. The first kappa shape index (κ1) is 31.2. The molecule has 15 heteroatoms. The van der Waals surface area contributed by atoms with E-state index in [1.54, 1.807) is 19.2 Å². The first-order chi connectivity index (χ1) is 20.3. The Hall–Kier alpha value is -3.23. The summed E-state index contributed by atoms with van der Waals surface area (Å²) < 4.78 is 71.3. The summed E-state index contributed by atoms with van der Waals surface area (Å²) in [5, 5.41) is 13.8. The molecule has 43 heavy (non-hydrogen) atoms. The van der Waals surface area contributed by atoms with E-state index in [9.17, 15) is 31.5 Å². The van der Waals surface area contributed by atoms with Crippen LogP contribution < -0.4 is 10.6 Å². The van der Waals surface area contributed by atoms with Crippen LogP contribution in [0.3, 0.4) is 0 Å². The summed E-state index contributed by atoms with van der Waals surface area (Å²) in [6, 6.07) is -1.19. The number of amides is 2. The third-order valence-corrected chi connectivity index (χ3v) is 9.18. The quantitative estimate of drug-likeness (QED) is 0.221. The van der Waals surface area contributed by atoms with E-state index in [4.69, 9.17) is 4.98 Å². The van der Waals surface area contributed by atoms with E-state index in [-0.39, 0.29) is 49.1 Å². The molecule has 1 unspecified atom stereocenters. The van der Waals surface area contributed by atoms with Crippen molar-refractivity contribution in [2.45, 2.75) is 101 Å². The molecule has 2 heterocycles. The van der Waals surface area contributed by atoms with Crippen molar-refractivity contribution in [1.29, 1.82) is 0 Å². The molecule has 5 rings (SSSR count). The first-order valence-corrected chi connectivity index (χ1v) is 15.2. The second kappa shape index (κ2) is 12.4. The van der Waals surface area contributed by atoms with Gasteiger partial charge in [-0.3, -0.25) is 9.59 Å². The van der Waals surface area contributed by atoms with Gasteiger partial charge in [-0.05, 0) is 86.4 Å². The van der Waals surface area contributed by atoms with Crippen LogP contribution in [0.15, 0.2) is 16.9 Å². The molecule has 0 aliphatic heterocycles. The minimum Gasteiger partial charge on any atom is -0.349 e. The Labute approximate surface area is 249 Å². The summed E-state index contributed by atoms with van der Waals surface area (Å²) in [5.74, 6) is -3.54. The Kier molecular flexibility index (Phi) is 9.00. The number of halogens is 5. The van der Waals surface area contributed by atoms with Gasteiger partial charge in [-0.1, -0.05) is 4.49 Å². The van der Waals surface area contributed by atoms with Crippen LogP contribution in [0, 0.1) is 11.8 Å². The van der Waals surface area contributed by atoms with Gasteiger partial charge in [-0.2, -0.15) is 18.3 Å². The van der Waals surface area contributed by atoms with E-state index in [2.05, 4.69) is 32.0 Å². The summed E-state index contributed by atoms with van der Waals surface area (Å²) in [5.41, 5.74) is 1.32. The Morgan fingerprint density at radius 2 is 1.86 bits per heavy atom. The van der Waals surface area contributed by atoms with Gasteiger partial charge in [0.05, 0.1) is 35.3 Å². The molecular weight excluding hydrogens is 593 g/mol. The molecule has 3 aliphatic rings. The number of carbonyl (C=O) groups is 2. The van der Waals surface area contributed by atoms with Crippen molar-refractivity contribution in [1.82, 2.24) is 29.9 Å². The van der Waals surface area contributed by atoms with Crippen LogP contribution >= 0.6 is 11.5 Å². The molecule has 0 radical (unpaired) electrons. The molecule has 0 aromatic carbocycles. The van der Waals surface area contributed by atoms with Crippen molar-refractivity contribution in [3.8, 4) is 0 Å². The van der Waals surface area contributed by atoms with Gasteiger partial charge in [-0.25, -0.2) is 18.4 Å². The maximum absolute atomic E-state index is 14.0. The number of alkyl halides is 5.